The molecule has 0 bridgehead atoms. The number of nitrogens with zero attached hydrogens (tertiary/aromatic N) is 2. The number of guanidine groups is 1. The van der Waals surface area contributed by atoms with Gasteiger partial charge in [0, 0.05) is 17.3 Å². The Morgan fingerprint density at radius 2 is 1.83 bits per heavy atom. The number of rotatable bonds is 3. The summed E-state index contributed by atoms with van der Waals surface area (Å²) in [7, 11) is 0. The minimum absolute atomic E-state index is 0. The summed E-state index contributed by atoms with van der Waals surface area (Å²) in [6.45, 7) is 2.57. The molecule has 2 aromatic carbocycles. The summed E-state index contributed by atoms with van der Waals surface area (Å²) in [6.07, 6.45) is 1.80. The Morgan fingerprint density at radius 3 is 2.61 bits per heavy atom. The van der Waals surface area contributed by atoms with Crippen LogP contribution in [0.1, 0.15) is 11.1 Å². The molecule has 0 fully saturated rings. The van der Waals surface area contributed by atoms with E-state index in [-0.39, 0.29) is 24.0 Å². The van der Waals surface area contributed by atoms with Crippen molar-refractivity contribution in [1.82, 2.24) is 4.98 Å². The largest absolute Gasteiger partial charge is 0.370 e. The maximum atomic E-state index is 5.96. The van der Waals surface area contributed by atoms with Crippen LogP contribution in [0.25, 0.3) is 10.9 Å². The van der Waals surface area contributed by atoms with Gasteiger partial charge in [0.1, 0.15) is 0 Å². The van der Waals surface area contributed by atoms with Crippen molar-refractivity contribution < 1.29 is 0 Å². The first kappa shape index (κ1) is 17.2. The van der Waals surface area contributed by atoms with E-state index in [0.717, 1.165) is 22.2 Å². The molecule has 1 heterocycles. The SMILES string of the molecule is Cc1ccc(NC(N)=NCc2ccnc3ccccc23)cc1.I. The molecule has 4 nitrogen and oxygen atoms in total. The third kappa shape index (κ3) is 4.41. The molecule has 3 rings (SSSR count). The van der Waals surface area contributed by atoms with Gasteiger partial charge in [-0.15, -0.1) is 24.0 Å². The van der Waals surface area contributed by atoms with Gasteiger partial charge in [0.2, 0.25) is 0 Å². The molecule has 3 N–H and O–H groups in total. The standard InChI is InChI=1S/C18H18N4.HI/c1-13-6-8-15(9-7-13)22-18(19)21-12-14-10-11-20-17-5-3-2-4-16(14)17;/h2-11H,12H2,1H3,(H3,19,21,22);1H. The number of benzene rings is 2. The zero-order valence-electron chi connectivity index (χ0n) is 12.9. The molecular weight excluding hydrogens is 399 g/mol. The second-order valence-electron chi connectivity index (χ2n) is 5.18. The van der Waals surface area contributed by atoms with E-state index in [2.05, 4.69) is 28.3 Å². The van der Waals surface area contributed by atoms with E-state index in [1.807, 2.05) is 48.5 Å². The van der Waals surface area contributed by atoms with Crippen LogP contribution in [0.3, 0.4) is 0 Å². The van der Waals surface area contributed by atoms with Gasteiger partial charge in [0.25, 0.3) is 0 Å². The number of aromatic nitrogens is 1. The van der Waals surface area contributed by atoms with Gasteiger partial charge in [-0.05, 0) is 36.8 Å². The second kappa shape index (κ2) is 7.92. The van der Waals surface area contributed by atoms with Crippen molar-refractivity contribution in [1.29, 1.82) is 0 Å². The molecule has 0 aliphatic rings. The Morgan fingerprint density at radius 1 is 1.09 bits per heavy atom. The van der Waals surface area contributed by atoms with Crippen LogP contribution < -0.4 is 11.1 Å². The van der Waals surface area contributed by atoms with Crippen LogP contribution in [0.15, 0.2) is 65.8 Å². The van der Waals surface area contributed by atoms with E-state index in [4.69, 9.17) is 5.73 Å². The molecule has 3 aromatic rings. The highest BCUT2D eigenvalue weighted by atomic mass is 127. The number of aryl methyl sites for hydroxylation is 1. The zero-order valence-corrected chi connectivity index (χ0v) is 15.2. The third-order valence-corrected chi connectivity index (χ3v) is 3.48. The van der Waals surface area contributed by atoms with E-state index >= 15 is 0 Å². The van der Waals surface area contributed by atoms with Crippen molar-refractivity contribution in [3.63, 3.8) is 0 Å². The Labute approximate surface area is 152 Å². The molecule has 0 amide bonds. The van der Waals surface area contributed by atoms with Gasteiger partial charge in [-0.25, -0.2) is 4.99 Å². The summed E-state index contributed by atoms with van der Waals surface area (Å²) in [5.74, 6) is 0.407. The normalized spacial score (nSPS) is 11.1. The molecule has 1 aromatic heterocycles. The van der Waals surface area contributed by atoms with Gasteiger partial charge >= 0.3 is 0 Å². The van der Waals surface area contributed by atoms with Crippen molar-refractivity contribution in [3.8, 4) is 0 Å². The lowest BCUT2D eigenvalue weighted by molar-refractivity contribution is 1.07. The summed E-state index contributed by atoms with van der Waals surface area (Å²) in [5.41, 5.74) is 10.2. The van der Waals surface area contributed by atoms with Gasteiger partial charge in [0.05, 0.1) is 12.1 Å². The lowest BCUT2D eigenvalue weighted by Crippen LogP contribution is -2.22. The lowest BCUT2D eigenvalue weighted by Gasteiger charge is -2.07. The van der Waals surface area contributed by atoms with Crippen molar-refractivity contribution in [2.24, 2.45) is 10.7 Å². The monoisotopic (exact) mass is 418 g/mol. The van der Waals surface area contributed by atoms with Gasteiger partial charge in [-0.2, -0.15) is 0 Å². The highest BCUT2D eigenvalue weighted by Gasteiger charge is 2.01. The number of para-hydroxylation sites is 1. The predicted molar refractivity (Wildman–Crippen MR) is 107 cm³/mol. The van der Waals surface area contributed by atoms with Gasteiger partial charge in [-0.1, -0.05) is 35.9 Å². The van der Waals surface area contributed by atoms with Gasteiger partial charge < -0.3 is 11.1 Å². The summed E-state index contributed by atoms with van der Waals surface area (Å²) in [4.78, 5) is 8.77. The van der Waals surface area contributed by atoms with Crippen molar-refractivity contribution in [2.45, 2.75) is 13.5 Å². The molecule has 0 atom stereocenters. The Kier molecular flexibility index (Phi) is 5.92. The number of pyridine rings is 1. The number of nitrogens with one attached hydrogen (secondary N) is 1. The first-order valence-corrected chi connectivity index (χ1v) is 7.18. The summed E-state index contributed by atoms with van der Waals surface area (Å²) in [6, 6.07) is 18.1. The number of anilines is 1. The number of nitrogens with two attached hydrogens (primary N) is 1. The molecule has 118 valence electrons. The average molecular weight is 418 g/mol. The molecule has 5 heteroatoms. The smallest absolute Gasteiger partial charge is 0.193 e. The van der Waals surface area contributed by atoms with E-state index in [1.54, 1.807) is 6.20 Å². The molecule has 23 heavy (non-hydrogen) atoms. The quantitative estimate of drug-likeness (QED) is 0.383. The summed E-state index contributed by atoms with van der Waals surface area (Å²) in [5, 5.41) is 4.21. The van der Waals surface area contributed by atoms with E-state index in [9.17, 15) is 0 Å². The van der Waals surface area contributed by atoms with Gasteiger partial charge in [0.15, 0.2) is 5.96 Å². The van der Waals surface area contributed by atoms with E-state index in [1.165, 1.54) is 5.56 Å². The third-order valence-electron chi connectivity index (χ3n) is 3.48. The lowest BCUT2D eigenvalue weighted by atomic mass is 10.1. The van der Waals surface area contributed by atoms with E-state index < -0.39 is 0 Å². The van der Waals surface area contributed by atoms with E-state index in [0.29, 0.717) is 12.5 Å². The van der Waals surface area contributed by atoms with Crippen LogP contribution in [-0.2, 0) is 6.54 Å². The molecule has 0 spiro atoms. The van der Waals surface area contributed by atoms with Crippen LogP contribution in [0.2, 0.25) is 0 Å². The maximum Gasteiger partial charge on any atom is 0.193 e. The second-order valence-corrected chi connectivity index (χ2v) is 5.18. The minimum Gasteiger partial charge on any atom is -0.370 e. The summed E-state index contributed by atoms with van der Waals surface area (Å²) < 4.78 is 0. The van der Waals surface area contributed by atoms with Crippen LogP contribution in [0, 0.1) is 6.92 Å². The highest BCUT2D eigenvalue weighted by molar-refractivity contribution is 14.0. The number of hydrogen-bond donors (Lipinski definition) is 2. The van der Waals surface area contributed by atoms with Crippen LogP contribution in [0.4, 0.5) is 5.69 Å². The summed E-state index contributed by atoms with van der Waals surface area (Å²) >= 11 is 0. The Hall–Kier alpha value is -2.15. The molecule has 0 aliphatic carbocycles. The number of aliphatic imine (C=N–C) groups is 1. The molecular formula is C18H19IN4. The maximum absolute atomic E-state index is 5.96. The Bertz CT molecular complexity index is 807. The molecule has 0 saturated carbocycles. The topological polar surface area (TPSA) is 63.3 Å². The van der Waals surface area contributed by atoms with Gasteiger partial charge in [-0.3, -0.25) is 4.98 Å². The molecule has 0 saturated heterocycles. The molecule has 0 radical (unpaired) electrons. The number of hydrogen-bond acceptors (Lipinski definition) is 2. The minimum atomic E-state index is 0. The first-order valence-electron chi connectivity index (χ1n) is 7.18. The first-order chi connectivity index (χ1) is 10.7. The van der Waals surface area contributed by atoms with Crippen LogP contribution >= 0.6 is 24.0 Å². The van der Waals surface area contributed by atoms with Crippen molar-refractivity contribution in [3.05, 3.63) is 71.9 Å². The van der Waals surface area contributed by atoms with Crippen LogP contribution in [-0.4, -0.2) is 10.9 Å². The predicted octanol–water partition coefficient (Wildman–Crippen LogP) is 4.09. The molecule has 0 unspecified atom stereocenters. The fraction of sp³-hybridized carbons (Fsp3) is 0.111. The van der Waals surface area contributed by atoms with Crippen LogP contribution in [0.5, 0.6) is 0 Å². The fourth-order valence-electron chi connectivity index (χ4n) is 2.29. The Balaban J connectivity index is 0.00000192. The number of fused-ring (bicyclic) bond motifs is 1. The molecule has 0 aliphatic heterocycles. The van der Waals surface area contributed by atoms with Crippen molar-refractivity contribution in [2.75, 3.05) is 5.32 Å². The zero-order chi connectivity index (χ0) is 15.4. The van der Waals surface area contributed by atoms with Crippen molar-refractivity contribution >= 4 is 46.5 Å². The highest BCUT2D eigenvalue weighted by Crippen LogP contribution is 2.17. The number of halogens is 1. The fourth-order valence-corrected chi connectivity index (χ4v) is 2.29. The average Bonchev–Trinajstić information content (AvgIpc) is 2.55.